The number of fused-ring (bicyclic) bond motifs is 1. The quantitative estimate of drug-likeness (QED) is 0.676. The molecule has 2 heterocycles. The van der Waals surface area contributed by atoms with Crippen LogP contribution in [0.5, 0.6) is 0 Å². The van der Waals surface area contributed by atoms with Gasteiger partial charge in [0, 0.05) is 22.6 Å². The lowest BCUT2D eigenvalue weighted by molar-refractivity contribution is 0.0642. The number of hydrogen-bond acceptors (Lipinski definition) is 4. The van der Waals surface area contributed by atoms with Gasteiger partial charge in [-0.15, -0.1) is 0 Å². The second-order valence-electron chi connectivity index (χ2n) is 4.51. The minimum Gasteiger partial charge on any atom is -0.399 e. The van der Waals surface area contributed by atoms with Crippen molar-refractivity contribution in [2.24, 2.45) is 0 Å². The van der Waals surface area contributed by atoms with Crippen LogP contribution in [0.1, 0.15) is 26.3 Å². The molecular formula is C14H10BrN3O2. The molecule has 2 amide bonds. The maximum atomic E-state index is 12.3. The molecule has 20 heavy (non-hydrogen) atoms. The van der Waals surface area contributed by atoms with E-state index in [9.17, 15) is 9.59 Å². The summed E-state index contributed by atoms with van der Waals surface area (Å²) in [6, 6.07) is 6.57. The molecule has 3 rings (SSSR count). The molecule has 0 radical (unpaired) electrons. The van der Waals surface area contributed by atoms with Crippen molar-refractivity contribution in [2.45, 2.75) is 6.54 Å². The molecule has 0 aliphatic carbocycles. The molecule has 2 aromatic rings. The van der Waals surface area contributed by atoms with Gasteiger partial charge in [0.1, 0.15) is 0 Å². The van der Waals surface area contributed by atoms with Gasteiger partial charge in [-0.25, -0.2) is 0 Å². The minimum absolute atomic E-state index is 0.193. The number of imide groups is 1. The smallest absolute Gasteiger partial charge is 0.261 e. The predicted octanol–water partition coefficient (Wildman–Crippen LogP) is 2.22. The molecule has 6 heteroatoms. The van der Waals surface area contributed by atoms with Crippen LogP contribution in [0.3, 0.4) is 0 Å². The summed E-state index contributed by atoms with van der Waals surface area (Å²) >= 11 is 3.31. The lowest BCUT2D eigenvalue weighted by Gasteiger charge is -2.13. The maximum absolute atomic E-state index is 12.3. The van der Waals surface area contributed by atoms with Crippen molar-refractivity contribution in [3.8, 4) is 0 Å². The van der Waals surface area contributed by atoms with Crippen molar-refractivity contribution in [3.05, 3.63) is 57.8 Å². The minimum atomic E-state index is -0.322. The molecule has 0 saturated heterocycles. The number of amides is 2. The Labute approximate surface area is 123 Å². The van der Waals surface area contributed by atoms with E-state index < -0.39 is 0 Å². The van der Waals surface area contributed by atoms with Gasteiger partial charge in [0.05, 0.1) is 17.7 Å². The van der Waals surface area contributed by atoms with Crippen LogP contribution in [-0.4, -0.2) is 21.7 Å². The van der Waals surface area contributed by atoms with Gasteiger partial charge in [-0.05, 0) is 45.8 Å². The number of rotatable bonds is 2. The zero-order chi connectivity index (χ0) is 14.3. The predicted molar refractivity (Wildman–Crippen MR) is 77.0 cm³/mol. The highest BCUT2D eigenvalue weighted by molar-refractivity contribution is 9.10. The van der Waals surface area contributed by atoms with E-state index in [1.54, 1.807) is 24.5 Å². The number of pyridine rings is 1. The number of carbonyl (C=O) groups is 2. The lowest BCUT2D eigenvalue weighted by atomic mass is 10.1. The van der Waals surface area contributed by atoms with Crippen LogP contribution >= 0.6 is 15.9 Å². The highest BCUT2D eigenvalue weighted by Gasteiger charge is 2.35. The third-order valence-corrected chi connectivity index (χ3v) is 3.53. The first kappa shape index (κ1) is 12.8. The van der Waals surface area contributed by atoms with E-state index in [2.05, 4.69) is 20.9 Å². The van der Waals surface area contributed by atoms with Crippen molar-refractivity contribution in [3.63, 3.8) is 0 Å². The van der Waals surface area contributed by atoms with Crippen molar-refractivity contribution in [1.29, 1.82) is 0 Å². The largest absolute Gasteiger partial charge is 0.399 e. The molecule has 0 fully saturated rings. The van der Waals surface area contributed by atoms with Crippen molar-refractivity contribution in [2.75, 3.05) is 5.73 Å². The first-order chi connectivity index (χ1) is 9.56. The first-order valence-electron chi connectivity index (χ1n) is 5.91. The maximum Gasteiger partial charge on any atom is 0.261 e. The topological polar surface area (TPSA) is 76.3 Å². The summed E-state index contributed by atoms with van der Waals surface area (Å²) in [5, 5.41) is 0. The van der Waals surface area contributed by atoms with E-state index in [1.807, 2.05) is 6.07 Å². The third kappa shape index (κ3) is 2.08. The van der Waals surface area contributed by atoms with Gasteiger partial charge in [-0.2, -0.15) is 0 Å². The molecule has 1 aromatic carbocycles. The Morgan fingerprint density at radius 3 is 2.60 bits per heavy atom. The van der Waals surface area contributed by atoms with Gasteiger partial charge < -0.3 is 5.73 Å². The van der Waals surface area contributed by atoms with Crippen molar-refractivity contribution < 1.29 is 9.59 Å². The Hall–Kier alpha value is -2.21. The zero-order valence-corrected chi connectivity index (χ0v) is 11.9. The number of nitrogen functional groups attached to an aromatic ring is 1. The number of carbonyl (C=O) groups excluding carboxylic acids is 2. The lowest BCUT2D eigenvalue weighted by Crippen LogP contribution is -2.29. The van der Waals surface area contributed by atoms with Gasteiger partial charge in [-0.3, -0.25) is 19.5 Å². The Morgan fingerprint density at radius 2 is 1.85 bits per heavy atom. The average molecular weight is 332 g/mol. The monoisotopic (exact) mass is 331 g/mol. The summed E-state index contributed by atoms with van der Waals surface area (Å²) in [7, 11) is 0. The Morgan fingerprint density at radius 1 is 1.10 bits per heavy atom. The van der Waals surface area contributed by atoms with Crippen molar-refractivity contribution >= 4 is 33.4 Å². The van der Waals surface area contributed by atoms with Gasteiger partial charge in [0.2, 0.25) is 0 Å². The molecule has 0 saturated carbocycles. The summed E-state index contributed by atoms with van der Waals surface area (Å²) in [5.41, 5.74) is 7.66. The van der Waals surface area contributed by atoms with Gasteiger partial charge in [-0.1, -0.05) is 0 Å². The number of halogens is 1. The van der Waals surface area contributed by atoms with Crippen LogP contribution < -0.4 is 5.73 Å². The van der Waals surface area contributed by atoms with Gasteiger partial charge in [0.15, 0.2) is 0 Å². The molecule has 100 valence electrons. The second kappa shape index (κ2) is 4.72. The highest BCUT2D eigenvalue weighted by Crippen LogP contribution is 2.26. The van der Waals surface area contributed by atoms with E-state index in [0.717, 1.165) is 10.0 Å². The second-order valence-corrected chi connectivity index (χ2v) is 5.43. The fraction of sp³-hybridized carbons (Fsp3) is 0.0714. The van der Waals surface area contributed by atoms with Crippen LogP contribution in [-0.2, 0) is 6.54 Å². The number of benzene rings is 1. The van der Waals surface area contributed by atoms with E-state index in [-0.39, 0.29) is 18.4 Å². The molecular weight excluding hydrogens is 322 g/mol. The normalized spacial score (nSPS) is 13.8. The molecule has 2 N–H and O–H groups in total. The van der Waals surface area contributed by atoms with E-state index >= 15 is 0 Å². The first-order valence-corrected chi connectivity index (χ1v) is 6.71. The number of nitrogens with zero attached hydrogens (tertiary/aromatic N) is 2. The van der Waals surface area contributed by atoms with E-state index in [4.69, 9.17) is 5.73 Å². The molecule has 1 aromatic heterocycles. The summed E-state index contributed by atoms with van der Waals surface area (Å²) in [6.45, 7) is 0.193. The molecule has 1 aliphatic rings. The third-order valence-electron chi connectivity index (χ3n) is 3.10. The SMILES string of the molecule is Nc1ccc2c(c1)C(=O)N(Cc1cncc(Br)c1)C2=O. The van der Waals surface area contributed by atoms with Crippen LogP contribution in [0.15, 0.2) is 41.1 Å². The van der Waals surface area contributed by atoms with Crippen molar-refractivity contribution in [1.82, 2.24) is 9.88 Å². The van der Waals surface area contributed by atoms with Crippen LogP contribution in [0.2, 0.25) is 0 Å². The molecule has 0 bridgehead atoms. The summed E-state index contributed by atoms with van der Waals surface area (Å²) in [6.07, 6.45) is 3.27. The molecule has 0 spiro atoms. The summed E-state index contributed by atoms with van der Waals surface area (Å²) in [4.78, 5) is 29.7. The van der Waals surface area contributed by atoms with Gasteiger partial charge in [0.25, 0.3) is 11.8 Å². The number of hydrogen-bond donors (Lipinski definition) is 1. The zero-order valence-electron chi connectivity index (χ0n) is 10.3. The van der Waals surface area contributed by atoms with Gasteiger partial charge >= 0.3 is 0 Å². The average Bonchev–Trinajstić information content (AvgIpc) is 2.64. The van der Waals surface area contributed by atoms with Crippen LogP contribution in [0.4, 0.5) is 5.69 Å². The fourth-order valence-electron chi connectivity index (χ4n) is 2.18. The fourth-order valence-corrected chi connectivity index (χ4v) is 2.59. The molecule has 5 nitrogen and oxygen atoms in total. The Balaban J connectivity index is 1.94. The number of anilines is 1. The summed E-state index contributed by atoms with van der Waals surface area (Å²) < 4.78 is 0.802. The summed E-state index contributed by atoms with van der Waals surface area (Å²) in [5.74, 6) is -0.623. The van der Waals surface area contributed by atoms with E-state index in [1.165, 1.54) is 11.0 Å². The Kier molecular flexibility index (Phi) is 3.02. The standard InChI is InChI=1S/C14H10BrN3O2/c15-9-3-8(5-17-6-9)7-18-13(19)11-2-1-10(16)4-12(11)14(18)20/h1-6H,7,16H2. The van der Waals surface area contributed by atoms with Crippen LogP contribution in [0, 0.1) is 0 Å². The molecule has 1 aliphatic heterocycles. The van der Waals surface area contributed by atoms with E-state index in [0.29, 0.717) is 16.8 Å². The molecule has 0 atom stereocenters. The highest BCUT2D eigenvalue weighted by atomic mass is 79.9. The molecule has 0 unspecified atom stereocenters. The van der Waals surface area contributed by atoms with Crippen LogP contribution in [0.25, 0.3) is 0 Å². The number of aromatic nitrogens is 1. The Bertz CT molecular complexity index is 730. The number of nitrogens with two attached hydrogens (primary N) is 1.